The van der Waals surface area contributed by atoms with Gasteiger partial charge in [0, 0.05) is 30.5 Å². The van der Waals surface area contributed by atoms with Gasteiger partial charge < -0.3 is 21.5 Å². The van der Waals surface area contributed by atoms with Gasteiger partial charge in [0.2, 0.25) is 0 Å². The first-order chi connectivity index (χ1) is 12.6. The van der Waals surface area contributed by atoms with E-state index in [1.54, 1.807) is 13.2 Å². The van der Waals surface area contributed by atoms with Gasteiger partial charge in [-0.25, -0.2) is 9.37 Å². The van der Waals surface area contributed by atoms with Gasteiger partial charge in [0.15, 0.2) is 0 Å². The van der Waals surface area contributed by atoms with Crippen LogP contribution in [0.15, 0.2) is 54.6 Å². The lowest BCUT2D eigenvalue weighted by atomic mass is 10.1. The third-order valence-corrected chi connectivity index (χ3v) is 4.01. The van der Waals surface area contributed by atoms with Crippen LogP contribution in [0, 0.1) is 5.82 Å². The molecule has 5 nitrogen and oxygen atoms in total. The SMILES string of the molecule is COCc1ccc(Nc2cccc(-c3ccc(CN)c(N)n3)c2)c(F)c1. The molecule has 0 aliphatic rings. The quantitative estimate of drug-likeness (QED) is 0.628. The fourth-order valence-electron chi connectivity index (χ4n) is 2.67. The first kappa shape index (κ1) is 17.8. The van der Waals surface area contributed by atoms with E-state index in [4.69, 9.17) is 16.2 Å². The average Bonchev–Trinajstić information content (AvgIpc) is 2.64. The number of nitrogens with one attached hydrogen (secondary N) is 1. The largest absolute Gasteiger partial charge is 0.383 e. The molecule has 1 heterocycles. The molecule has 0 saturated carbocycles. The topological polar surface area (TPSA) is 86.2 Å². The molecule has 0 fully saturated rings. The highest BCUT2D eigenvalue weighted by Gasteiger charge is 2.07. The number of hydrogen-bond donors (Lipinski definition) is 3. The van der Waals surface area contributed by atoms with Crippen molar-refractivity contribution in [2.45, 2.75) is 13.2 Å². The third kappa shape index (κ3) is 3.99. The highest BCUT2D eigenvalue weighted by molar-refractivity contribution is 5.70. The van der Waals surface area contributed by atoms with Crippen LogP contribution in [0.3, 0.4) is 0 Å². The lowest BCUT2D eigenvalue weighted by Crippen LogP contribution is -2.04. The van der Waals surface area contributed by atoms with Gasteiger partial charge >= 0.3 is 0 Å². The van der Waals surface area contributed by atoms with Crippen molar-refractivity contribution >= 4 is 17.2 Å². The van der Waals surface area contributed by atoms with E-state index in [2.05, 4.69) is 10.3 Å². The zero-order valence-electron chi connectivity index (χ0n) is 14.5. The monoisotopic (exact) mass is 352 g/mol. The van der Waals surface area contributed by atoms with E-state index in [1.165, 1.54) is 6.07 Å². The first-order valence-electron chi connectivity index (χ1n) is 8.21. The standard InChI is InChI=1S/C20H21FN4O/c1-26-12-13-5-7-19(17(21)9-13)24-16-4-2-3-14(10-16)18-8-6-15(11-22)20(23)25-18/h2-10,24H,11-12,22H2,1H3,(H2,23,25). The summed E-state index contributed by atoms with van der Waals surface area (Å²) in [6.07, 6.45) is 0. The second-order valence-corrected chi connectivity index (χ2v) is 5.90. The summed E-state index contributed by atoms with van der Waals surface area (Å²) in [7, 11) is 1.58. The van der Waals surface area contributed by atoms with Crippen LogP contribution in [0.4, 0.5) is 21.6 Å². The van der Waals surface area contributed by atoms with Crippen molar-refractivity contribution in [2.24, 2.45) is 5.73 Å². The van der Waals surface area contributed by atoms with E-state index >= 15 is 0 Å². The number of nitrogens with two attached hydrogens (primary N) is 2. The summed E-state index contributed by atoms with van der Waals surface area (Å²) in [4.78, 5) is 4.39. The lowest BCUT2D eigenvalue weighted by Gasteiger charge is -2.11. The minimum Gasteiger partial charge on any atom is -0.383 e. The van der Waals surface area contributed by atoms with Gasteiger partial charge in [-0.05, 0) is 35.9 Å². The summed E-state index contributed by atoms with van der Waals surface area (Å²) in [6.45, 7) is 0.720. The number of rotatable bonds is 6. The smallest absolute Gasteiger partial charge is 0.146 e. The predicted molar refractivity (Wildman–Crippen MR) is 102 cm³/mol. The number of methoxy groups -OCH3 is 1. The molecular formula is C20H21FN4O. The van der Waals surface area contributed by atoms with Gasteiger partial charge in [-0.3, -0.25) is 0 Å². The summed E-state index contributed by atoms with van der Waals surface area (Å²) in [5, 5.41) is 3.09. The molecule has 2 aromatic carbocycles. The molecule has 0 aliphatic carbocycles. The Balaban J connectivity index is 1.85. The van der Waals surface area contributed by atoms with Gasteiger partial charge in [-0.2, -0.15) is 0 Å². The Labute approximate surface area is 151 Å². The van der Waals surface area contributed by atoms with Crippen molar-refractivity contribution in [3.05, 3.63) is 71.5 Å². The molecule has 134 valence electrons. The van der Waals surface area contributed by atoms with E-state index in [9.17, 15) is 4.39 Å². The van der Waals surface area contributed by atoms with Crippen molar-refractivity contribution in [3.8, 4) is 11.3 Å². The minimum atomic E-state index is -0.334. The van der Waals surface area contributed by atoms with Crippen molar-refractivity contribution < 1.29 is 9.13 Å². The zero-order valence-corrected chi connectivity index (χ0v) is 14.5. The Bertz CT molecular complexity index is 914. The van der Waals surface area contributed by atoms with Gasteiger partial charge in [0.05, 0.1) is 18.0 Å². The fourth-order valence-corrected chi connectivity index (χ4v) is 2.67. The summed E-state index contributed by atoms with van der Waals surface area (Å²) in [5.41, 5.74) is 15.9. The molecule has 0 spiro atoms. The molecule has 0 amide bonds. The number of hydrogen-bond acceptors (Lipinski definition) is 5. The Morgan fingerprint density at radius 2 is 1.96 bits per heavy atom. The number of nitrogen functional groups attached to an aromatic ring is 1. The third-order valence-electron chi connectivity index (χ3n) is 4.01. The molecule has 5 N–H and O–H groups in total. The number of pyridine rings is 1. The molecule has 0 unspecified atom stereocenters. The molecule has 1 aromatic heterocycles. The number of nitrogens with zero attached hydrogens (tertiary/aromatic N) is 1. The maximum Gasteiger partial charge on any atom is 0.146 e. The summed E-state index contributed by atoms with van der Waals surface area (Å²) >= 11 is 0. The fraction of sp³-hybridized carbons (Fsp3) is 0.150. The van der Waals surface area contributed by atoms with Gasteiger partial charge in [-0.1, -0.05) is 24.3 Å². The van der Waals surface area contributed by atoms with Gasteiger partial charge in [-0.15, -0.1) is 0 Å². The van der Waals surface area contributed by atoms with Gasteiger partial charge in [0.1, 0.15) is 11.6 Å². The average molecular weight is 352 g/mol. The summed E-state index contributed by atoms with van der Waals surface area (Å²) in [6, 6.07) is 16.3. The summed E-state index contributed by atoms with van der Waals surface area (Å²) in [5.74, 6) is 0.0859. The molecule has 0 saturated heterocycles. The predicted octanol–water partition coefficient (Wildman–Crippen LogP) is 3.82. The van der Waals surface area contributed by atoms with Gasteiger partial charge in [0.25, 0.3) is 0 Å². The molecule has 3 aromatic rings. The van der Waals surface area contributed by atoms with Crippen LogP contribution in [0.5, 0.6) is 0 Å². The van der Waals surface area contributed by atoms with Crippen LogP contribution in [0.2, 0.25) is 0 Å². The van der Waals surface area contributed by atoms with E-state index in [0.29, 0.717) is 24.7 Å². The Hall–Kier alpha value is -2.96. The highest BCUT2D eigenvalue weighted by Crippen LogP contribution is 2.26. The molecule has 6 heteroatoms. The molecule has 26 heavy (non-hydrogen) atoms. The number of halogens is 1. The number of ether oxygens (including phenoxy) is 1. The molecular weight excluding hydrogens is 331 g/mol. The Morgan fingerprint density at radius 1 is 1.12 bits per heavy atom. The van der Waals surface area contributed by atoms with Crippen LogP contribution >= 0.6 is 0 Å². The van der Waals surface area contributed by atoms with Crippen LogP contribution in [-0.4, -0.2) is 12.1 Å². The zero-order chi connectivity index (χ0) is 18.5. The number of benzene rings is 2. The van der Waals surface area contributed by atoms with Crippen molar-refractivity contribution in [2.75, 3.05) is 18.2 Å². The molecule has 0 radical (unpaired) electrons. The number of aromatic nitrogens is 1. The highest BCUT2D eigenvalue weighted by atomic mass is 19.1. The lowest BCUT2D eigenvalue weighted by molar-refractivity contribution is 0.184. The Kier molecular flexibility index (Phi) is 5.46. The maximum absolute atomic E-state index is 14.3. The molecule has 3 rings (SSSR count). The maximum atomic E-state index is 14.3. The van der Waals surface area contributed by atoms with Crippen LogP contribution in [-0.2, 0) is 17.9 Å². The second kappa shape index (κ2) is 7.95. The van der Waals surface area contributed by atoms with Crippen LogP contribution < -0.4 is 16.8 Å². The van der Waals surface area contributed by atoms with Crippen molar-refractivity contribution in [1.82, 2.24) is 4.98 Å². The van der Waals surface area contributed by atoms with Crippen molar-refractivity contribution in [1.29, 1.82) is 0 Å². The van der Waals surface area contributed by atoms with Crippen molar-refractivity contribution in [3.63, 3.8) is 0 Å². The van der Waals surface area contributed by atoms with E-state index in [-0.39, 0.29) is 5.82 Å². The normalized spacial score (nSPS) is 10.7. The van der Waals surface area contributed by atoms with E-state index in [0.717, 1.165) is 28.1 Å². The molecule has 0 atom stereocenters. The number of anilines is 3. The molecule has 0 aliphatic heterocycles. The van der Waals surface area contributed by atoms with Crippen LogP contribution in [0.1, 0.15) is 11.1 Å². The van der Waals surface area contributed by atoms with E-state index < -0.39 is 0 Å². The first-order valence-corrected chi connectivity index (χ1v) is 8.21. The second-order valence-electron chi connectivity index (χ2n) is 5.90. The Morgan fingerprint density at radius 3 is 2.65 bits per heavy atom. The van der Waals surface area contributed by atoms with Crippen LogP contribution in [0.25, 0.3) is 11.3 Å². The molecule has 0 bridgehead atoms. The minimum absolute atomic E-state index is 0.334. The summed E-state index contributed by atoms with van der Waals surface area (Å²) < 4.78 is 19.3. The van der Waals surface area contributed by atoms with E-state index in [1.807, 2.05) is 42.5 Å².